The molecule has 0 fully saturated rings. The Balaban J connectivity index is 1.87. The van der Waals surface area contributed by atoms with Gasteiger partial charge in [-0.15, -0.1) is 0 Å². The van der Waals surface area contributed by atoms with Crippen LogP contribution in [0, 0.1) is 0 Å². The third-order valence-corrected chi connectivity index (χ3v) is 3.75. The van der Waals surface area contributed by atoms with E-state index in [9.17, 15) is 4.79 Å². The molecule has 2 aromatic carbocycles. The van der Waals surface area contributed by atoms with Gasteiger partial charge in [0.2, 0.25) is 5.95 Å². The van der Waals surface area contributed by atoms with Crippen LogP contribution in [-0.2, 0) is 6.54 Å². The van der Waals surface area contributed by atoms with Gasteiger partial charge in [-0.25, -0.2) is 9.97 Å². The van der Waals surface area contributed by atoms with E-state index < -0.39 is 0 Å². The highest BCUT2D eigenvalue weighted by atomic mass is 16.5. The molecule has 0 aliphatic carbocycles. The van der Waals surface area contributed by atoms with Gasteiger partial charge >= 0.3 is 0 Å². The van der Waals surface area contributed by atoms with Gasteiger partial charge in [0, 0.05) is 19.0 Å². The Labute approximate surface area is 139 Å². The number of para-hydroxylation sites is 1. The number of fused-ring (bicyclic) bond motifs is 1. The molecule has 2 N–H and O–H groups in total. The zero-order valence-corrected chi connectivity index (χ0v) is 13.6. The summed E-state index contributed by atoms with van der Waals surface area (Å²) in [5.74, 6) is 0.674. The molecule has 6 nitrogen and oxygen atoms in total. The maximum Gasteiger partial charge on any atom is 0.273 e. The monoisotopic (exact) mass is 322 g/mol. The molecule has 3 rings (SSSR count). The van der Waals surface area contributed by atoms with E-state index in [1.165, 1.54) is 0 Å². The molecule has 1 heterocycles. The fourth-order valence-corrected chi connectivity index (χ4v) is 2.51. The summed E-state index contributed by atoms with van der Waals surface area (Å²) in [7, 11) is 3.36. The van der Waals surface area contributed by atoms with Gasteiger partial charge in [0.05, 0.1) is 12.6 Å². The first-order chi connectivity index (χ1) is 11.6. The molecule has 0 radical (unpaired) electrons. The number of hydrogen-bond acceptors (Lipinski definition) is 5. The highest BCUT2D eigenvalue weighted by Crippen LogP contribution is 2.19. The Kier molecular flexibility index (Phi) is 4.29. The molecule has 0 spiro atoms. The van der Waals surface area contributed by atoms with Crippen LogP contribution in [0.4, 0.5) is 5.95 Å². The quantitative estimate of drug-likeness (QED) is 0.798. The number of hydrogen-bond donors (Lipinski definition) is 1. The second kappa shape index (κ2) is 6.54. The predicted octanol–water partition coefficient (Wildman–Crippen LogP) is 2.49. The van der Waals surface area contributed by atoms with Crippen molar-refractivity contribution in [2.24, 2.45) is 0 Å². The zero-order chi connectivity index (χ0) is 17.1. The van der Waals surface area contributed by atoms with Crippen molar-refractivity contribution in [2.75, 3.05) is 19.9 Å². The topological polar surface area (TPSA) is 81.3 Å². The average molecular weight is 322 g/mol. The minimum Gasteiger partial charge on any atom is -0.497 e. The molecule has 6 heteroatoms. The van der Waals surface area contributed by atoms with Gasteiger partial charge in [0.25, 0.3) is 5.91 Å². The van der Waals surface area contributed by atoms with Crippen LogP contribution in [0.2, 0.25) is 0 Å². The molecule has 24 heavy (non-hydrogen) atoms. The fourth-order valence-electron chi connectivity index (χ4n) is 2.51. The molecule has 0 aliphatic heterocycles. The number of carbonyl (C=O) groups excluding carboxylic acids is 1. The second-order valence-electron chi connectivity index (χ2n) is 5.46. The lowest BCUT2D eigenvalue weighted by Crippen LogP contribution is -2.27. The third-order valence-electron chi connectivity index (χ3n) is 3.75. The van der Waals surface area contributed by atoms with E-state index in [2.05, 4.69) is 9.97 Å². The van der Waals surface area contributed by atoms with Crippen LogP contribution in [0.3, 0.4) is 0 Å². The Hall–Kier alpha value is -3.15. The zero-order valence-electron chi connectivity index (χ0n) is 13.6. The molecular weight excluding hydrogens is 304 g/mol. The predicted molar refractivity (Wildman–Crippen MR) is 92.7 cm³/mol. The minimum absolute atomic E-state index is 0.0925. The van der Waals surface area contributed by atoms with Gasteiger partial charge in [-0.1, -0.05) is 30.3 Å². The van der Waals surface area contributed by atoms with E-state index in [-0.39, 0.29) is 11.9 Å². The number of benzene rings is 2. The molecular formula is C18H18N4O2. The number of nitrogens with zero attached hydrogens (tertiary/aromatic N) is 3. The van der Waals surface area contributed by atoms with Crippen molar-refractivity contribution in [1.82, 2.24) is 14.9 Å². The van der Waals surface area contributed by atoms with Crippen molar-refractivity contribution < 1.29 is 9.53 Å². The van der Waals surface area contributed by atoms with Gasteiger partial charge in [0.1, 0.15) is 11.4 Å². The summed E-state index contributed by atoms with van der Waals surface area (Å²) in [6.45, 7) is 0.459. The molecule has 3 aromatic rings. The van der Waals surface area contributed by atoms with Crippen LogP contribution < -0.4 is 10.5 Å². The van der Waals surface area contributed by atoms with E-state index in [1.807, 2.05) is 48.5 Å². The maximum atomic E-state index is 12.8. The van der Waals surface area contributed by atoms with Gasteiger partial charge in [0.15, 0.2) is 0 Å². The molecule has 0 aliphatic rings. The lowest BCUT2D eigenvalue weighted by atomic mass is 10.1. The Morgan fingerprint density at radius 1 is 1.12 bits per heavy atom. The number of nitrogens with two attached hydrogens (primary N) is 1. The van der Waals surface area contributed by atoms with Crippen molar-refractivity contribution in [1.29, 1.82) is 0 Å². The van der Waals surface area contributed by atoms with Crippen molar-refractivity contribution >= 4 is 22.8 Å². The van der Waals surface area contributed by atoms with Crippen LogP contribution in [-0.4, -0.2) is 34.9 Å². The number of nitrogen functional groups attached to an aromatic ring is 1. The number of ether oxygens (including phenoxy) is 1. The summed E-state index contributed by atoms with van der Waals surface area (Å²) in [6, 6.07) is 14.9. The summed E-state index contributed by atoms with van der Waals surface area (Å²) in [5.41, 5.74) is 7.71. The van der Waals surface area contributed by atoms with Crippen molar-refractivity contribution in [2.45, 2.75) is 6.54 Å². The minimum atomic E-state index is -0.198. The summed E-state index contributed by atoms with van der Waals surface area (Å²) in [5, 5.41) is 0.693. The number of amides is 1. The lowest BCUT2D eigenvalue weighted by molar-refractivity contribution is 0.0781. The molecule has 0 atom stereocenters. The van der Waals surface area contributed by atoms with E-state index in [4.69, 9.17) is 10.5 Å². The van der Waals surface area contributed by atoms with E-state index in [0.717, 1.165) is 11.3 Å². The highest BCUT2D eigenvalue weighted by Gasteiger charge is 2.18. The first-order valence-corrected chi connectivity index (χ1v) is 7.49. The lowest BCUT2D eigenvalue weighted by Gasteiger charge is -2.18. The van der Waals surface area contributed by atoms with Crippen LogP contribution in [0.25, 0.3) is 10.9 Å². The Bertz CT molecular complexity index is 878. The number of aromatic nitrogens is 2. The first-order valence-electron chi connectivity index (χ1n) is 7.49. The number of rotatable bonds is 4. The Morgan fingerprint density at radius 3 is 2.54 bits per heavy atom. The molecule has 1 aromatic heterocycles. The van der Waals surface area contributed by atoms with Crippen molar-refractivity contribution in [3.8, 4) is 5.75 Å². The SMILES string of the molecule is COc1ccc(CN(C)C(=O)c2nc(N)nc3ccccc23)cc1. The van der Waals surface area contributed by atoms with Gasteiger partial charge < -0.3 is 15.4 Å². The third kappa shape index (κ3) is 3.12. The van der Waals surface area contributed by atoms with Crippen LogP contribution >= 0.6 is 0 Å². The second-order valence-corrected chi connectivity index (χ2v) is 5.46. The summed E-state index contributed by atoms with van der Waals surface area (Å²) in [6.07, 6.45) is 0. The molecule has 0 saturated heterocycles. The fraction of sp³-hybridized carbons (Fsp3) is 0.167. The van der Waals surface area contributed by atoms with Crippen LogP contribution in [0.1, 0.15) is 16.1 Å². The number of methoxy groups -OCH3 is 1. The van der Waals surface area contributed by atoms with E-state index >= 15 is 0 Å². The first kappa shape index (κ1) is 15.7. The smallest absolute Gasteiger partial charge is 0.273 e. The average Bonchev–Trinajstić information content (AvgIpc) is 2.61. The normalized spacial score (nSPS) is 10.6. The molecule has 0 saturated carbocycles. The summed E-state index contributed by atoms with van der Waals surface area (Å²) >= 11 is 0. The molecule has 122 valence electrons. The van der Waals surface area contributed by atoms with E-state index in [1.54, 1.807) is 19.1 Å². The standard InChI is InChI=1S/C18H18N4O2/c1-22(11-12-7-9-13(24-2)10-8-12)17(23)16-14-5-3-4-6-15(14)20-18(19)21-16/h3-10H,11H2,1-2H3,(H2,19,20,21). The van der Waals surface area contributed by atoms with Gasteiger partial charge in [-0.3, -0.25) is 4.79 Å². The molecule has 1 amide bonds. The number of carbonyl (C=O) groups is 1. The maximum absolute atomic E-state index is 12.8. The van der Waals surface area contributed by atoms with Crippen molar-refractivity contribution in [3.05, 3.63) is 59.8 Å². The Morgan fingerprint density at radius 2 is 1.83 bits per heavy atom. The summed E-state index contributed by atoms with van der Waals surface area (Å²) < 4.78 is 5.14. The highest BCUT2D eigenvalue weighted by molar-refractivity contribution is 6.04. The van der Waals surface area contributed by atoms with Crippen LogP contribution in [0.5, 0.6) is 5.75 Å². The van der Waals surface area contributed by atoms with E-state index in [0.29, 0.717) is 23.1 Å². The summed E-state index contributed by atoms with van der Waals surface area (Å²) in [4.78, 5) is 22.7. The molecule has 0 unspecified atom stereocenters. The van der Waals surface area contributed by atoms with Crippen LogP contribution in [0.15, 0.2) is 48.5 Å². The largest absolute Gasteiger partial charge is 0.497 e. The number of anilines is 1. The van der Waals surface area contributed by atoms with Crippen molar-refractivity contribution in [3.63, 3.8) is 0 Å². The van der Waals surface area contributed by atoms with Gasteiger partial charge in [-0.2, -0.15) is 0 Å². The van der Waals surface area contributed by atoms with Gasteiger partial charge in [-0.05, 0) is 23.8 Å². The molecule has 0 bridgehead atoms.